The van der Waals surface area contributed by atoms with Gasteiger partial charge in [0, 0.05) is 11.4 Å². The molecule has 0 aromatic heterocycles. The van der Waals surface area contributed by atoms with Crippen molar-refractivity contribution in [1.82, 2.24) is 10.6 Å². The number of carbonyl (C=O) groups excluding carboxylic acids is 2. The van der Waals surface area contributed by atoms with Crippen LogP contribution in [0.15, 0.2) is 41.6 Å². The average molecular weight is 462 g/mol. The Kier molecular flexibility index (Phi) is 6.82. The Morgan fingerprint density at radius 2 is 1.71 bits per heavy atom. The van der Waals surface area contributed by atoms with Crippen LogP contribution in [0.4, 0.5) is 10.5 Å². The quantitative estimate of drug-likeness (QED) is 0.536. The Hall–Kier alpha value is -2.70. The molecule has 2 aromatic carbocycles. The van der Waals surface area contributed by atoms with E-state index in [4.69, 9.17) is 27.9 Å². The summed E-state index contributed by atoms with van der Waals surface area (Å²) in [4.78, 5) is 25.4. The highest BCUT2D eigenvalue weighted by molar-refractivity contribution is 6.37. The van der Waals surface area contributed by atoms with Crippen LogP contribution in [0.5, 0.6) is 5.75 Å². The smallest absolute Gasteiger partial charge is 0.319 e. The molecule has 0 bridgehead atoms. The molecule has 8 heteroatoms. The van der Waals surface area contributed by atoms with Gasteiger partial charge in [-0.3, -0.25) is 4.79 Å². The maximum Gasteiger partial charge on any atom is 0.319 e. The minimum Gasteiger partial charge on any atom is -0.488 e. The summed E-state index contributed by atoms with van der Waals surface area (Å²) in [5.74, 6) is 0.0252. The Bertz CT molecular complexity index is 1060. The molecule has 0 radical (unpaired) electrons. The van der Waals surface area contributed by atoms with E-state index in [1.54, 1.807) is 19.1 Å². The molecular formula is C23H25Cl2N3O3. The lowest BCUT2D eigenvalue weighted by atomic mass is 9.94. The van der Waals surface area contributed by atoms with E-state index in [0.29, 0.717) is 38.3 Å². The van der Waals surface area contributed by atoms with Gasteiger partial charge >= 0.3 is 6.03 Å². The largest absolute Gasteiger partial charge is 0.488 e. The van der Waals surface area contributed by atoms with Gasteiger partial charge in [0.2, 0.25) is 0 Å². The predicted octanol–water partition coefficient (Wildman–Crippen LogP) is 5.66. The molecule has 0 aliphatic carbocycles. The van der Waals surface area contributed by atoms with Crippen molar-refractivity contribution in [2.24, 2.45) is 0 Å². The van der Waals surface area contributed by atoms with Crippen LogP contribution >= 0.6 is 23.2 Å². The van der Waals surface area contributed by atoms with Gasteiger partial charge in [-0.1, -0.05) is 29.3 Å². The number of nitrogens with one attached hydrogen (secondary N) is 3. The third kappa shape index (κ3) is 5.14. The van der Waals surface area contributed by atoms with Gasteiger partial charge in [0.15, 0.2) is 5.75 Å². The normalized spacial score (nSPS) is 16.1. The van der Waals surface area contributed by atoms with Crippen molar-refractivity contribution in [3.8, 4) is 5.75 Å². The summed E-state index contributed by atoms with van der Waals surface area (Å²) in [5, 5.41) is 8.96. The molecule has 2 aromatic rings. The summed E-state index contributed by atoms with van der Waals surface area (Å²) in [7, 11) is 0. The van der Waals surface area contributed by atoms with Crippen LogP contribution < -0.4 is 20.7 Å². The summed E-state index contributed by atoms with van der Waals surface area (Å²) in [5.41, 5.74) is 4.25. The van der Waals surface area contributed by atoms with Crippen LogP contribution in [-0.2, 0) is 4.79 Å². The molecule has 3 N–H and O–H groups in total. The molecule has 0 saturated carbocycles. The molecule has 164 valence electrons. The minimum atomic E-state index is -0.733. The number of urea groups is 1. The van der Waals surface area contributed by atoms with Gasteiger partial charge in [-0.15, -0.1) is 0 Å². The van der Waals surface area contributed by atoms with E-state index in [2.05, 4.69) is 16.0 Å². The fraction of sp³-hybridized carbons (Fsp3) is 0.304. The monoisotopic (exact) mass is 461 g/mol. The Balaban J connectivity index is 1.98. The highest BCUT2D eigenvalue weighted by atomic mass is 35.5. The topological polar surface area (TPSA) is 79.5 Å². The number of benzene rings is 2. The number of hydrogen-bond acceptors (Lipinski definition) is 3. The molecule has 0 unspecified atom stereocenters. The molecule has 3 amide bonds. The number of carbonyl (C=O) groups is 2. The number of ether oxygens (including phenoxy) is 1. The second-order valence-corrected chi connectivity index (χ2v) is 8.62. The van der Waals surface area contributed by atoms with Gasteiger partial charge in [0.05, 0.1) is 27.8 Å². The third-order valence-corrected chi connectivity index (χ3v) is 5.55. The molecule has 1 atom stereocenters. The lowest BCUT2D eigenvalue weighted by Crippen LogP contribution is -2.46. The molecular weight excluding hydrogens is 437 g/mol. The molecule has 0 fully saturated rings. The van der Waals surface area contributed by atoms with E-state index < -0.39 is 12.1 Å². The number of halogens is 2. The zero-order valence-corrected chi connectivity index (χ0v) is 19.5. The molecule has 6 nitrogen and oxygen atoms in total. The van der Waals surface area contributed by atoms with Crippen molar-refractivity contribution in [2.45, 2.75) is 46.8 Å². The summed E-state index contributed by atoms with van der Waals surface area (Å²) < 4.78 is 5.68. The van der Waals surface area contributed by atoms with Crippen molar-refractivity contribution >= 4 is 40.8 Å². The maximum absolute atomic E-state index is 13.2. The fourth-order valence-corrected chi connectivity index (χ4v) is 3.95. The number of allylic oxidation sites excluding steroid dienone is 1. The van der Waals surface area contributed by atoms with Crippen LogP contribution in [-0.4, -0.2) is 18.0 Å². The van der Waals surface area contributed by atoms with Crippen molar-refractivity contribution in [1.29, 1.82) is 0 Å². The molecule has 1 aliphatic heterocycles. The molecule has 3 rings (SSSR count). The van der Waals surface area contributed by atoms with Crippen molar-refractivity contribution < 1.29 is 14.3 Å². The fourth-order valence-electron chi connectivity index (χ4n) is 3.36. The van der Waals surface area contributed by atoms with Crippen LogP contribution in [0.3, 0.4) is 0 Å². The predicted molar refractivity (Wildman–Crippen MR) is 124 cm³/mol. The number of anilines is 1. The van der Waals surface area contributed by atoms with Crippen LogP contribution in [0, 0.1) is 13.8 Å². The van der Waals surface area contributed by atoms with Gasteiger partial charge in [-0.25, -0.2) is 4.79 Å². The lowest BCUT2D eigenvalue weighted by molar-refractivity contribution is -0.113. The van der Waals surface area contributed by atoms with E-state index in [0.717, 1.165) is 11.1 Å². The van der Waals surface area contributed by atoms with Crippen LogP contribution in [0.25, 0.3) is 0 Å². The summed E-state index contributed by atoms with van der Waals surface area (Å²) >= 11 is 12.8. The molecule has 1 aliphatic rings. The first-order valence-electron chi connectivity index (χ1n) is 9.89. The van der Waals surface area contributed by atoms with Gasteiger partial charge < -0.3 is 20.7 Å². The number of rotatable bonds is 5. The summed E-state index contributed by atoms with van der Waals surface area (Å²) in [6.45, 7) is 9.40. The van der Waals surface area contributed by atoms with E-state index in [1.807, 2.05) is 45.9 Å². The second kappa shape index (κ2) is 9.20. The van der Waals surface area contributed by atoms with E-state index in [1.165, 1.54) is 0 Å². The first-order chi connectivity index (χ1) is 14.6. The van der Waals surface area contributed by atoms with Crippen LogP contribution in [0.2, 0.25) is 10.0 Å². The van der Waals surface area contributed by atoms with E-state index in [9.17, 15) is 9.59 Å². The molecule has 1 heterocycles. The third-order valence-electron chi connectivity index (χ3n) is 4.99. The van der Waals surface area contributed by atoms with E-state index in [-0.39, 0.29) is 12.0 Å². The first kappa shape index (κ1) is 23.0. The zero-order valence-electron chi connectivity index (χ0n) is 18.0. The Labute approximate surface area is 192 Å². The van der Waals surface area contributed by atoms with Gasteiger partial charge in [0.25, 0.3) is 5.91 Å². The average Bonchev–Trinajstić information content (AvgIpc) is 2.66. The first-order valence-corrected chi connectivity index (χ1v) is 10.6. The molecule has 0 spiro atoms. The standard InChI is InChI=1S/C23H25Cl2N3O3/c1-11(2)31-21-17(24)9-15(10-18(21)25)20-19(14(5)26-23(30)28-20)22(29)27-16-7-6-12(3)13(4)8-16/h6-11,20H,1-5H3,(H,27,29)(H2,26,28,30)/t20-/m1/s1. The van der Waals surface area contributed by atoms with Crippen molar-refractivity contribution in [3.05, 3.63) is 68.3 Å². The van der Waals surface area contributed by atoms with E-state index >= 15 is 0 Å². The molecule has 0 saturated heterocycles. The SMILES string of the molecule is CC1=C(C(=O)Nc2ccc(C)c(C)c2)[C@@H](c2cc(Cl)c(OC(C)C)c(Cl)c2)NC(=O)N1. The lowest BCUT2D eigenvalue weighted by Gasteiger charge is -2.29. The number of amides is 3. The highest BCUT2D eigenvalue weighted by Crippen LogP contribution is 2.39. The van der Waals surface area contributed by atoms with Gasteiger partial charge in [0.1, 0.15) is 0 Å². The summed E-state index contributed by atoms with van der Waals surface area (Å²) in [6.07, 6.45) is -0.110. The van der Waals surface area contributed by atoms with Gasteiger partial charge in [-0.05, 0) is 75.6 Å². The van der Waals surface area contributed by atoms with Crippen LogP contribution in [0.1, 0.15) is 43.5 Å². The highest BCUT2D eigenvalue weighted by Gasteiger charge is 2.32. The van der Waals surface area contributed by atoms with Gasteiger partial charge in [-0.2, -0.15) is 0 Å². The number of hydrogen-bond donors (Lipinski definition) is 3. The Morgan fingerprint density at radius 1 is 1.06 bits per heavy atom. The second-order valence-electron chi connectivity index (χ2n) is 7.80. The zero-order chi connectivity index (χ0) is 22.9. The Morgan fingerprint density at radius 3 is 2.29 bits per heavy atom. The summed E-state index contributed by atoms with van der Waals surface area (Å²) in [6, 6.07) is 7.83. The van der Waals surface area contributed by atoms with Crippen molar-refractivity contribution in [2.75, 3.05) is 5.32 Å². The minimum absolute atomic E-state index is 0.110. The molecule has 31 heavy (non-hydrogen) atoms. The number of aryl methyl sites for hydroxylation is 2. The van der Waals surface area contributed by atoms with Crippen molar-refractivity contribution in [3.63, 3.8) is 0 Å². The maximum atomic E-state index is 13.2.